The van der Waals surface area contributed by atoms with Crippen LogP contribution in [0.4, 0.5) is 11.4 Å². The molecule has 1 rings (SSSR count). The third-order valence-corrected chi connectivity index (χ3v) is 2.91. The first kappa shape index (κ1) is 11.2. The molecule has 0 saturated heterocycles. The predicted octanol–water partition coefficient (Wildman–Crippen LogP) is 2.74. The zero-order valence-corrected chi connectivity index (χ0v) is 9.36. The number of thioether (sulfide) groups is 1. The van der Waals surface area contributed by atoms with Crippen LogP contribution in [0.15, 0.2) is 23.1 Å². The minimum Gasteiger partial charge on any atom is -0.397 e. The van der Waals surface area contributed by atoms with Gasteiger partial charge < -0.3 is 5.73 Å². The second-order valence-corrected chi connectivity index (χ2v) is 4.07. The van der Waals surface area contributed by atoms with Crippen molar-refractivity contribution in [3.8, 4) is 0 Å². The van der Waals surface area contributed by atoms with Crippen LogP contribution in [0.25, 0.3) is 0 Å². The van der Waals surface area contributed by atoms with Gasteiger partial charge in [-0.05, 0) is 30.4 Å². The van der Waals surface area contributed by atoms with E-state index in [1.165, 1.54) is 11.3 Å². The Bertz CT molecular complexity index is 291. The van der Waals surface area contributed by atoms with Gasteiger partial charge >= 0.3 is 0 Å². The van der Waals surface area contributed by atoms with Gasteiger partial charge in [-0.15, -0.1) is 11.8 Å². The summed E-state index contributed by atoms with van der Waals surface area (Å²) in [5.74, 6) is 1.12. The van der Waals surface area contributed by atoms with Crippen molar-refractivity contribution in [2.45, 2.75) is 18.2 Å². The number of nitrogen functional groups attached to an aromatic ring is 1. The number of benzene rings is 1. The Balaban J connectivity index is 2.68. The van der Waals surface area contributed by atoms with E-state index in [0.29, 0.717) is 5.69 Å². The van der Waals surface area contributed by atoms with E-state index in [-0.39, 0.29) is 0 Å². The standard InChI is InChI=1S/C10H16N2OS/c1-3-6-14-8-4-5-10(12-13-2)9(11)7-8/h4-5,7,12H,3,6,11H2,1-2H3. The predicted molar refractivity (Wildman–Crippen MR) is 62.5 cm³/mol. The lowest BCUT2D eigenvalue weighted by molar-refractivity contribution is 0.271. The molecular formula is C10H16N2OS. The molecule has 1 aromatic carbocycles. The van der Waals surface area contributed by atoms with Crippen molar-refractivity contribution in [1.82, 2.24) is 0 Å². The van der Waals surface area contributed by atoms with Gasteiger partial charge in [0.05, 0.1) is 18.5 Å². The lowest BCUT2D eigenvalue weighted by Crippen LogP contribution is -1.99. The molecule has 0 radical (unpaired) electrons. The first-order valence-electron chi connectivity index (χ1n) is 4.59. The van der Waals surface area contributed by atoms with Gasteiger partial charge in [0.2, 0.25) is 0 Å². The number of hydrogen-bond donors (Lipinski definition) is 2. The average Bonchev–Trinajstić information content (AvgIpc) is 2.19. The molecule has 0 unspecified atom stereocenters. The molecule has 1 aromatic rings. The molecule has 4 heteroatoms. The molecule has 0 atom stereocenters. The number of nitrogens with two attached hydrogens (primary N) is 1. The average molecular weight is 212 g/mol. The molecule has 0 spiro atoms. The van der Waals surface area contributed by atoms with E-state index >= 15 is 0 Å². The molecule has 0 aliphatic rings. The van der Waals surface area contributed by atoms with Crippen molar-refractivity contribution in [3.63, 3.8) is 0 Å². The maximum Gasteiger partial charge on any atom is 0.0834 e. The first-order chi connectivity index (χ1) is 6.77. The van der Waals surface area contributed by atoms with Gasteiger partial charge in [-0.2, -0.15) is 0 Å². The van der Waals surface area contributed by atoms with E-state index in [2.05, 4.69) is 12.4 Å². The summed E-state index contributed by atoms with van der Waals surface area (Å²) in [6.07, 6.45) is 1.17. The highest BCUT2D eigenvalue weighted by Crippen LogP contribution is 2.26. The number of anilines is 2. The summed E-state index contributed by atoms with van der Waals surface area (Å²) in [6.45, 7) is 2.16. The summed E-state index contributed by atoms with van der Waals surface area (Å²) in [4.78, 5) is 5.99. The normalized spacial score (nSPS) is 10.1. The Hall–Kier alpha value is -0.870. The number of rotatable bonds is 5. The topological polar surface area (TPSA) is 47.3 Å². The van der Waals surface area contributed by atoms with Crippen LogP contribution in [0.5, 0.6) is 0 Å². The number of nitrogens with one attached hydrogen (secondary N) is 1. The lowest BCUT2D eigenvalue weighted by Gasteiger charge is -2.08. The van der Waals surface area contributed by atoms with Crippen molar-refractivity contribution in [2.24, 2.45) is 0 Å². The van der Waals surface area contributed by atoms with Gasteiger partial charge in [0.1, 0.15) is 0 Å². The first-order valence-corrected chi connectivity index (χ1v) is 5.57. The van der Waals surface area contributed by atoms with Crippen molar-refractivity contribution in [3.05, 3.63) is 18.2 Å². The summed E-state index contributed by atoms with van der Waals surface area (Å²) in [5, 5.41) is 0. The maximum absolute atomic E-state index is 5.82. The fraction of sp³-hybridized carbons (Fsp3) is 0.400. The molecule has 78 valence electrons. The van der Waals surface area contributed by atoms with Crippen molar-refractivity contribution >= 4 is 23.1 Å². The van der Waals surface area contributed by atoms with Crippen LogP contribution in [-0.2, 0) is 4.84 Å². The Labute approximate surface area is 89.0 Å². The maximum atomic E-state index is 5.82. The fourth-order valence-corrected chi connectivity index (χ4v) is 1.87. The third kappa shape index (κ3) is 3.12. The Morgan fingerprint density at radius 1 is 1.50 bits per heavy atom. The lowest BCUT2D eigenvalue weighted by atomic mass is 10.3. The molecule has 0 saturated carbocycles. The van der Waals surface area contributed by atoms with Gasteiger partial charge in [-0.25, -0.2) is 0 Å². The summed E-state index contributed by atoms with van der Waals surface area (Å²) in [7, 11) is 1.57. The van der Waals surface area contributed by atoms with E-state index in [9.17, 15) is 0 Å². The largest absolute Gasteiger partial charge is 0.397 e. The van der Waals surface area contributed by atoms with Crippen LogP contribution >= 0.6 is 11.8 Å². The molecule has 0 aliphatic heterocycles. The van der Waals surface area contributed by atoms with Crippen LogP contribution in [0, 0.1) is 0 Å². The molecule has 0 heterocycles. The van der Waals surface area contributed by atoms with Crippen molar-refractivity contribution in [2.75, 3.05) is 24.1 Å². The van der Waals surface area contributed by atoms with Gasteiger partial charge in [-0.1, -0.05) is 6.92 Å². The molecule has 0 amide bonds. The Morgan fingerprint density at radius 3 is 2.86 bits per heavy atom. The Morgan fingerprint density at radius 2 is 2.29 bits per heavy atom. The van der Waals surface area contributed by atoms with E-state index in [4.69, 9.17) is 10.6 Å². The molecule has 0 bridgehead atoms. The van der Waals surface area contributed by atoms with Crippen LogP contribution in [-0.4, -0.2) is 12.9 Å². The zero-order valence-electron chi connectivity index (χ0n) is 8.54. The summed E-state index contributed by atoms with van der Waals surface area (Å²) < 4.78 is 0. The van der Waals surface area contributed by atoms with Crippen LogP contribution in [0.1, 0.15) is 13.3 Å². The second-order valence-electron chi connectivity index (χ2n) is 2.90. The summed E-state index contributed by atoms with van der Waals surface area (Å²) in [6, 6.07) is 5.93. The molecule has 3 nitrogen and oxygen atoms in total. The number of hydrogen-bond acceptors (Lipinski definition) is 4. The second kappa shape index (κ2) is 5.78. The highest BCUT2D eigenvalue weighted by molar-refractivity contribution is 7.99. The molecule has 0 aromatic heterocycles. The van der Waals surface area contributed by atoms with Crippen molar-refractivity contribution in [1.29, 1.82) is 0 Å². The third-order valence-electron chi connectivity index (χ3n) is 1.71. The van der Waals surface area contributed by atoms with Gasteiger partial charge in [0, 0.05) is 4.90 Å². The molecule has 14 heavy (non-hydrogen) atoms. The van der Waals surface area contributed by atoms with Crippen LogP contribution < -0.4 is 11.2 Å². The highest BCUT2D eigenvalue weighted by Gasteiger charge is 2.00. The fourth-order valence-electron chi connectivity index (χ4n) is 1.05. The molecule has 0 aliphatic carbocycles. The van der Waals surface area contributed by atoms with Gasteiger partial charge in [0.15, 0.2) is 0 Å². The van der Waals surface area contributed by atoms with Gasteiger partial charge in [-0.3, -0.25) is 10.3 Å². The van der Waals surface area contributed by atoms with Crippen LogP contribution in [0.2, 0.25) is 0 Å². The molecule has 0 fully saturated rings. The monoisotopic (exact) mass is 212 g/mol. The minimum absolute atomic E-state index is 0.716. The molecule has 3 N–H and O–H groups in total. The SMILES string of the molecule is CCCSc1ccc(NOC)c(N)c1. The smallest absolute Gasteiger partial charge is 0.0834 e. The zero-order chi connectivity index (χ0) is 10.4. The van der Waals surface area contributed by atoms with E-state index in [1.807, 2.05) is 30.0 Å². The quantitative estimate of drug-likeness (QED) is 0.447. The van der Waals surface area contributed by atoms with Gasteiger partial charge in [0.25, 0.3) is 0 Å². The van der Waals surface area contributed by atoms with Crippen LogP contribution in [0.3, 0.4) is 0 Å². The summed E-state index contributed by atoms with van der Waals surface area (Å²) >= 11 is 1.81. The molecular weight excluding hydrogens is 196 g/mol. The van der Waals surface area contributed by atoms with E-state index in [0.717, 1.165) is 11.4 Å². The Kier molecular flexibility index (Phi) is 4.62. The minimum atomic E-state index is 0.716. The van der Waals surface area contributed by atoms with E-state index < -0.39 is 0 Å². The highest BCUT2D eigenvalue weighted by atomic mass is 32.2. The van der Waals surface area contributed by atoms with E-state index in [1.54, 1.807) is 7.11 Å². The van der Waals surface area contributed by atoms with Crippen molar-refractivity contribution < 1.29 is 4.84 Å². The summed E-state index contributed by atoms with van der Waals surface area (Å²) in [5.41, 5.74) is 10.1.